The highest BCUT2D eigenvalue weighted by Crippen LogP contribution is 2.29. The fourth-order valence-electron chi connectivity index (χ4n) is 3.88. The third-order valence-electron chi connectivity index (χ3n) is 5.80. The zero-order valence-electron chi connectivity index (χ0n) is 19.1. The Bertz CT molecular complexity index is 1060. The lowest BCUT2D eigenvalue weighted by molar-refractivity contribution is 0.0893. The van der Waals surface area contributed by atoms with E-state index >= 15 is 0 Å². The fraction of sp³-hybridized carbons (Fsp3) is 0.458. The molecule has 1 amide bonds. The van der Waals surface area contributed by atoms with Crippen molar-refractivity contribution in [3.8, 4) is 11.1 Å². The second kappa shape index (κ2) is 9.46. The molecule has 1 saturated heterocycles. The Hall–Kier alpha value is -3.29. The molecule has 0 atom stereocenters. The van der Waals surface area contributed by atoms with Crippen LogP contribution in [0.15, 0.2) is 41.3 Å². The van der Waals surface area contributed by atoms with Crippen molar-refractivity contribution < 1.29 is 9.32 Å². The van der Waals surface area contributed by atoms with Crippen molar-refractivity contribution >= 4 is 11.9 Å². The monoisotopic (exact) mass is 434 g/mol. The van der Waals surface area contributed by atoms with Gasteiger partial charge in [0.15, 0.2) is 0 Å². The van der Waals surface area contributed by atoms with Gasteiger partial charge in [-0.2, -0.15) is 0 Å². The van der Waals surface area contributed by atoms with Gasteiger partial charge in [-0.3, -0.25) is 9.78 Å². The predicted molar refractivity (Wildman–Crippen MR) is 123 cm³/mol. The summed E-state index contributed by atoms with van der Waals surface area (Å²) in [4.78, 5) is 28.4. The third kappa shape index (κ3) is 4.79. The maximum atomic E-state index is 12.5. The van der Waals surface area contributed by atoms with E-state index in [1.165, 1.54) is 0 Å². The van der Waals surface area contributed by atoms with Crippen LogP contribution < -0.4 is 10.2 Å². The van der Waals surface area contributed by atoms with Gasteiger partial charge in [-0.25, -0.2) is 9.97 Å². The largest absolute Gasteiger partial charge is 0.351 e. The van der Waals surface area contributed by atoms with E-state index in [1.54, 1.807) is 18.5 Å². The molecule has 0 unspecified atom stereocenters. The molecule has 1 fully saturated rings. The molecule has 0 saturated carbocycles. The number of carbonyl (C=O) groups is 1. The molecule has 4 rings (SSSR count). The highest BCUT2D eigenvalue weighted by Gasteiger charge is 2.25. The van der Waals surface area contributed by atoms with Crippen molar-refractivity contribution in [3.63, 3.8) is 0 Å². The van der Waals surface area contributed by atoms with Gasteiger partial charge >= 0.3 is 0 Å². The van der Waals surface area contributed by atoms with E-state index in [0.29, 0.717) is 0 Å². The zero-order valence-corrected chi connectivity index (χ0v) is 19.1. The van der Waals surface area contributed by atoms with Gasteiger partial charge in [0.05, 0.1) is 11.4 Å². The van der Waals surface area contributed by atoms with Crippen molar-refractivity contribution in [1.29, 1.82) is 0 Å². The summed E-state index contributed by atoms with van der Waals surface area (Å²) in [5.74, 6) is 1.31. The molecule has 0 aliphatic carbocycles. The molecule has 8 nitrogen and oxygen atoms in total. The number of piperidine rings is 1. The standard InChI is InChI=1S/C24H30N6O2/c1-15(2)20-13-21(32-29-20)23(31)27-18-7-11-30(12-8-18)24-26-14-19(22(28-24)16(3)4)17-5-9-25-10-6-17/h5-6,9-10,13-16,18H,7-8,11-12H2,1-4H3,(H,27,31). The van der Waals surface area contributed by atoms with E-state index in [2.05, 4.69) is 39.2 Å². The summed E-state index contributed by atoms with van der Waals surface area (Å²) < 4.78 is 5.21. The molecular weight excluding hydrogens is 404 g/mol. The average molecular weight is 435 g/mol. The van der Waals surface area contributed by atoms with Crippen LogP contribution in [-0.2, 0) is 0 Å². The number of nitrogens with one attached hydrogen (secondary N) is 1. The van der Waals surface area contributed by atoms with Crippen LogP contribution >= 0.6 is 0 Å². The van der Waals surface area contributed by atoms with Crippen LogP contribution in [-0.4, -0.2) is 45.1 Å². The smallest absolute Gasteiger partial charge is 0.290 e. The number of pyridine rings is 1. The normalized spacial score (nSPS) is 14.9. The first-order chi connectivity index (χ1) is 15.4. The topological polar surface area (TPSA) is 97.0 Å². The molecule has 0 aromatic carbocycles. The Balaban J connectivity index is 1.40. The average Bonchev–Trinajstić information content (AvgIpc) is 3.31. The maximum absolute atomic E-state index is 12.5. The first-order valence-electron chi connectivity index (χ1n) is 11.2. The second-order valence-corrected chi connectivity index (χ2v) is 8.87. The number of rotatable bonds is 6. The zero-order chi connectivity index (χ0) is 22.7. The van der Waals surface area contributed by atoms with Gasteiger partial charge in [-0.1, -0.05) is 32.9 Å². The highest BCUT2D eigenvalue weighted by atomic mass is 16.5. The van der Waals surface area contributed by atoms with Crippen LogP contribution in [0.1, 0.15) is 74.3 Å². The minimum Gasteiger partial charge on any atom is -0.351 e. The maximum Gasteiger partial charge on any atom is 0.290 e. The molecule has 3 aromatic rings. The van der Waals surface area contributed by atoms with E-state index in [4.69, 9.17) is 9.51 Å². The minimum absolute atomic E-state index is 0.0898. The van der Waals surface area contributed by atoms with Crippen molar-refractivity contribution in [2.75, 3.05) is 18.0 Å². The molecule has 168 valence electrons. The van der Waals surface area contributed by atoms with Crippen molar-refractivity contribution in [2.24, 2.45) is 0 Å². The first-order valence-corrected chi connectivity index (χ1v) is 11.2. The number of amides is 1. The molecule has 1 aliphatic rings. The van der Waals surface area contributed by atoms with E-state index in [-0.39, 0.29) is 29.5 Å². The number of nitrogens with zero attached hydrogens (tertiary/aromatic N) is 5. The minimum atomic E-state index is -0.206. The van der Waals surface area contributed by atoms with Gasteiger partial charge < -0.3 is 14.7 Å². The Kier molecular flexibility index (Phi) is 6.48. The van der Waals surface area contributed by atoms with Gasteiger partial charge in [0.1, 0.15) is 0 Å². The summed E-state index contributed by atoms with van der Waals surface area (Å²) in [6.45, 7) is 9.90. The summed E-state index contributed by atoms with van der Waals surface area (Å²) in [5.41, 5.74) is 3.94. The summed E-state index contributed by atoms with van der Waals surface area (Å²) in [6, 6.07) is 5.78. The Morgan fingerprint density at radius 2 is 1.84 bits per heavy atom. The van der Waals surface area contributed by atoms with Gasteiger partial charge in [0.25, 0.3) is 5.91 Å². The highest BCUT2D eigenvalue weighted by molar-refractivity contribution is 5.91. The number of hydrogen-bond donors (Lipinski definition) is 1. The Morgan fingerprint density at radius 1 is 1.12 bits per heavy atom. The van der Waals surface area contributed by atoms with E-state index in [9.17, 15) is 4.79 Å². The molecule has 8 heteroatoms. The molecule has 3 aromatic heterocycles. The predicted octanol–water partition coefficient (Wildman–Crippen LogP) is 4.17. The Morgan fingerprint density at radius 3 is 2.47 bits per heavy atom. The summed E-state index contributed by atoms with van der Waals surface area (Å²) in [5, 5.41) is 7.04. The van der Waals surface area contributed by atoms with Crippen LogP contribution in [0.4, 0.5) is 5.95 Å². The van der Waals surface area contributed by atoms with Crippen LogP contribution in [0.3, 0.4) is 0 Å². The molecule has 1 aliphatic heterocycles. The fourth-order valence-corrected chi connectivity index (χ4v) is 3.88. The summed E-state index contributed by atoms with van der Waals surface area (Å²) in [6.07, 6.45) is 7.13. The van der Waals surface area contributed by atoms with Gasteiger partial charge in [0.2, 0.25) is 11.7 Å². The van der Waals surface area contributed by atoms with E-state index in [0.717, 1.165) is 54.4 Å². The molecular formula is C24H30N6O2. The molecule has 32 heavy (non-hydrogen) atoms. The molecule has 1 N–H and O–H groups in total. The molecule has 0 radical (unpaired) electrons. The van der Waals surface area contributed by atoms with E-state index in [1.807, 2.05) is 32.2 Å². The number of hydrogen-bond acceptors (Lipinski definition) is 7. The third-order valence-corrected chi connectivity index (χ3v) is 5.80. The van der Waals surface area contributed by atoms with Gasteiger partial charge in [0, 0.05) is 49.4 Å². The Labute approximate surface area is 188 Å². The number of carbonyl (C=O) groups excluding carboxylic acids is 1. The SMILES string of the molecule is CC(C)c1cc(C(=O)NC2CCN(c3ncc(-c4ccncc4)c(C(C)C)n3)CC2)on1. The molecule has 4 heterocycles. The van der Waals surface area contributed by atoms with Crippen molar-refractivity contribution in [3.05, 3.63) is 53.9 Å². The van der Waals surface area contributed by atoms with Crippen LogP contribution in [0.5, 0.6) is 0 Å². The molecule has 0 spiro atoms. The van der Waals surface area contributed by atoms with Crippen molar-refractivity contribution in [1.82, 2.24) is 25.4 Å². The number of anilines is 1. The first kappa shape index (κ1) is 21.9. The van der Waals surface area contributed by atoms with Crippen LogP contribution in [0.25, 0.3) is 11.1 Å². The van der Waals surface area contributed by atoms with Crippen LogP contribution in [0, 0.1) is 0 Å². The van der Waals surface area contributed by atoms with Gasteiger partial charge in [-0.05, 0) is 42.4 Å². The van der Waals surface area contributed by atoms with E-state index < -0.39 is 0 Å². The number of aromatic nitrogens is 4. The lowest BCUT2D eigenvalue weighted by atomic mass is 10.00. The van der Waals surface area contributed by atoms with Gasteiger partial charge in [-0.15, -0.1) is 0 Å². The second-order valence-electron chi connectivity index (χ2n) is 8.87. The lowest BCUT2D eigenvalue weighted by Crippen LogP contribution is -2.45. The molecule has 0 bridgehead atoms. The van der Waals surface area contributed by atoms with Crippen molar-refractivity contribution in [2.45, 2.75) is 58.4 Å². The summed E-state index contributed by atoms with van der Waals surface area (Å²) in [7, 11) is 0. The summed E-state index contributed by atoms with van der Waals surface area (Å²) >= 11 is 0. The quantitative estimate of drug-likeness (QED) is 0.622. The van der Waals surface area contributed by atoms with Crippen LogP contribution in [0.2, 0.25) is 0 Å². The lowest BCUT2D eigenvalue weighted by Gasteiger charge is -2.32.